The highest BCUT2D eigenvalue weighted by Gasteiger charge is 2.06. The molecule has 17 heavy (non-hydrogen) atoms. The third-order valence-corrected chi connectivity index (χ3v) is 3.29. The van der Waals surface area contributed by atoms with E-state index >= 15 is 0 Å². The Kier molecular flexibility index (Phi) is 9.55. The Bertz CT molecular complexity index is 151. The van der Waals surface area contributed by atoms with E-state index < -0.39 is 0 Å². The van der Waals surface area contributed by atoms with E-state index in [1.165, 1.54) is 58.7 Å². The SMILES string of the molecule is [NH3+]CCN1CCC[NH2+]CCNCCC[NH2+]CC1. The molecule has 102 valence electrons. The first-order valence-corrected chi connectivity index (χ1v) is 7.29. The van der Waals surface area contributed by atoms with Gasteiger partial charge in [-0.05, 0) is 0 Å². The Morgan fingerprint density at radius 1 is 0.941 bits per heavy atom. The van der Waals surface area contributed by atoms with Crippen molar-refractivity contribution in [2.75, 3.05) is 65.4 Å². The fourth-order valence-electron chi connectivity index (χ4n) is 2.28. The van der Waals surface area contributed by atoms with E-state index in [0.717, 1.165) is 19.6 Å². The molecule has 5 nitrogen and oxygen atoms in total. The fraction of sp³-hybridized carbons (Fsp3) is 1.00. The number of hydrogen-bond donors (Lipinski definition) is 4. The molecule has 1 saturated heterocycles. The molecule has 0 aromatic heterocycles. The van der Waals surface area contributed by atoms with Gasteiger partial charge in [0.1, 0.15) is 0 Å². The number of nitrogens with zero attached hydrogens (tertiary/aromatic N) is 1. The molecule has 1 heterocycles. The average molecular weight is 246 g/mol. The molecule has 0 bridgehead atoms. The van der Waals surface area contributed by atoms with Crippen molar-refractivity contribution in [1.29, 1.82) is 0 Å². The highest BCUT2D eigenvalue weighted by Crippen LogP contribution is 1.87. The van der Waals surface area contributed by atoms with Gasteiger partial charge in [0.15, 0.2) is 0 Å². The first-order chi connectivity index (χ1) is 8.43. The Balaban J connectivity index is 2.19. The number of nitrogens with one attached hydrogen (secondary N) is 1. The standard InChI is InChI=1S/C12H29N5/c13-3-11-17-10-2-6-15-8-7-14-4-1-5-16-9-12-17/h14-16H,1-13H2/p+3. The van der Waals surface area contributed by atoms with Crippen LogP contribution in [-0.4, -0.2) is 70.3 Å². The molecule has 0 aliphatic carbocycles. The van der Waals surface area contributed by atoms with Crippen LogP contribution in [0.15, 0.2) is 0 Å². The lowest BCUT2D eigenvalue weighted by molar-refractivity contribution is -0.657. The minimum atomic E-state index is 1.04. The molecule has 0 saturated carbocycles. The number of rotatable bonds is 2. The summed E-state index contributed by atoms with van der Waals surface area (Å²) in [6.07, 6.45) is 2.59. The van der Waals surface area contributed by atoms with Crippen molar-refractivity contribution in [3.05, 3.63) is 0 Å². The molecule has 1 aliphatic heterocycles. The second-order valence-corrected chi connectivity index (χ2v) is 4.88. The van der Waals surface area contributed by atoms with Gasteiger partial charge < -0.3 is 21.7 Å². The van der Waals surface area contributed by atoms with Crippen LogP contribution in [0.3, 0.4) is 0 Å². The molecule has 0 radical (unpaired) electrons. The monoisotopic (exact) mass is 246 g/mol. The zero-order valence-corrected chi connectivity index (χ0v) is 11.3. The van der Waals surface area contributed by atoms with Gasteiger partial charge in [-0.2, -0.15) is 0 Å². The van der Waals surface area contributed by atoms with Crippen molar-refractivity contribution in [3.63, 3.8) is 0 Å². The minimum Gasteiger partial charge on any atom is -0.357 e. The summed E-state index contributed by atoms with van der Waals surface area (Å²) in [5.41, 5.74) is 3.97. The van der Waals surface area contributed by atoms with Crippen molar-refractivity contribution in [2.24, 2.45) is 0 Å². The van der Waals surface area contributed by atoms with Crippen LogP contribution in [0.5, 0.6) is 0 Å². The summed E-state index contributed by atoms with van der Waals surface area (Å²) in [6, 6.07) is 0. The smallest absolute Gasteiger partial charge is 0.0884 e. The molecule has 8 N–H and O–H groups in total. The summed E-state index contributed by atoms with van der Waals surface area (Å²) in [6.45, 7) is 12.0. The Hall–Kier alpha value is -0.200. The first-order valence-electron chi connectivity index (χ1n) is 7.29. The zero-order chi connectivity index (χ0) is 12.2. The lowest BCUT2D eigenvalue weighted by Gasteiger charge is -2.19. The maximum absolute atomic E-state index is 3.97. The van der Waals surface area contributed by atoms with Crippen LogP contribution in [0.25, 0.3) is 0 Å². The second-order valence-electron chi connectivity index (χ2n) is 4.88. The van der Waals surface area contributed by atoms with Gasteiger partial charge in [-0.25, -0.2) is 0 Å². The van der Waals surface area contributed by atoms with E-state index in [0.29, 0.717) is 0 Å². The van der Waals surface area contributed by atoms with Crippen LogP contribution in [0.1, 0.15) is 12.8 Å². The van der Waals surface area contributed by atoms with Crippen LogP contribution in [-0.2, 0) is 0 Å². The maximum atomic E-state index is 3.97. The lowest BCUT2D eigenvalue weighted by atomic mass is 10.3. The van der Waals surface area contributed by atoms with Crippen molar-refractivity contribution in [2.45, 2.75) is 12.8 Å². The summed E-state index contributed by atoms with van der Waals surface area (Å²) in [4.78, 5) is 2.57. The van der Waals surface area contributed by atoms with E-state index in [-0.39, 0.29) is 0 Å². The third-order valence-electron chi connectivity index (χ3n) is 3.29. The maximum Gasteiger partial charge on any atom is 0.0884 e. The first kappa shape index (κ1) is 14.9. The van der Waals surface area contributed by atoms with Crippen LogP contribution in [0, 0.1) is 0 Å². The molecular formula is C12H32N5+3. The van der Waals surface area contributed by atoms with Crippen LogP contribution >= 0.6 is 0 Å². The number of nitrogens with two attached hydrogens (primary N) is 2. The van der Waals surface area contributed by atoms with Gasteiger partial charge >= 0.3 is 0 Å². The van der Waals surface area contributed by atoms with Crippen molar-refractivity contribution in [3.8, 4) is 0 Å². The molecule has 0 spiro atoms. The minimum absolute atomic E-state index is 1.04. The predicted molar refractivity (Wildman–Crippen MR) is 69.6 cm³/mol. The summed E-state index contributed by atoms with van der Waals surface area (Å²) in [5.74, 6) is 0. The highest BCUT2D eigenvalue weighted by atomic mass is 15.1. The van der Waals surface area contributed by atoms with Gasteiger partial charge in [-0.1, -0.05) is 0 Å². The van der Waals surface area contributed by atoms with E-state index in [1.807, 2.05) is 0 Å². The van der Waals surface area contributed by atoms with E-state index in [9.17, 15) is 0 Å². The van der Waals surface area contributed by atoms with Crippen LogP contribution in [0.4, 0.5) is 0 Å². The van der Waals surface area contributed by atoms with Gasteiger partial charge in [0.2, 0.25) is 0 Å². The van der Waals surface area contributed by atoms with E-state index in [4.69, 9.17) is 0 Å². The predicted octanol–water partition coefficient (Wildman–Crippen LogP) is -3.96. The average Bonchev–Trinajstić information content (AvgIpc) is 2.34. The molecule has 0 aromatic carbocycles. The number of hydrogen-bond acceptors (Lipinski definition) is 2. The van der Waals surface area contributed by atoms with Crippen LogP contribution in [0.2, 0.25) is 0 Å². The van der Waals surface area contributed by atoms with Gasteiger partial charge in [0.25, 0.3) is 0 Å². The summed E-state index contributed by atoms with van der Waals surface area (Å²) in [7, 11) is 0. The molecule has 0 atom stereocenters. The molecule has 1 rings (SSSR count). The fourth-order valence-corrected chi connectivity index (χ4v) is 2.28. The van der Waals surface area contributed by atoms with Crippen molar-refractivity contribution < 1.29 is 16.4 Å². The lowest BCUT2D eigenvalue weighted by Crippen LogP contribution is -2.87. The second kappa shape index (κ2) is 10.9. The molecule has 1 fully saturated rings. The Morgan fingerprint density at radius 2 is 1.76 bits per heavy atom. The normalized spacial score (nSPS) is 23.1. The van der Waals surface area contributed by atoms with E-state index in [2.05, 4.69) is 26.6 Å². The Labute approximate surface area is 105 Å². The zero-order valence-electron chi connectivity index (χ0n) is 11.3. The van der Waals surface area contributed by atoms with E-state index in [1.54, 1.807) is 0 Å². The molecule has 0 unspecified atom stereocenters. The molecule has 0 amide bonds. The topological polar surface area (TPSA) is 76.1 Å². The molecule has 1 aliphatic rings. The summed E-state index contributed by atoms with van der Waals surface area (Å²) >= 11 is 0. The number of quaternary nitrogens is 3. The van der Waals surface area contributed by atoms with Gasteiger partial charge in [-0.3, -0.25) is 4.90 Å². The van der Waals surface area contributed by atoms with Crippen molar-refractivity contribution in [1.82, 2.24) is 10.2 Å². The third kappa shape index (κ3) is 8.51. The van der Waals surface area contributed by atoms with Crippen LogP contribution < -0.4 is 21.7 Å². The Morgan fingerprint density at radius 3 is 2.65 bits per heavy atom. The van der Waals surface area contributed by atoms with Gasteiger partial charge in [0.05, 0.1) is 32.7 Å². The summed E-state index contributed by atoms with van der Waals surface area (Å²) in [5, 5.41) is 8.39. The van der Waals surface area contributed by atoms with Gasteiger partial charge in [0, 0.05) is 45.6 Å². The molecule has 5 heteroatoms. The largest absolute Gasteiger partial charge is 0.357 e. The summed E-state index contributed by atoms with van der Waals surface area (Å²) < 4.78 is 0. The van der Waals surface area contributed by atoms with Gasteiger partial charge in [-0.15, -0.1) is 0 Å². The van der Waals surface area contributed by atoms with Crippen molar-refractivity contribution >= 4 is 0 Å². The molecule has 0 aromatic rings. The molecular weight excluding hydrogens is 214 g/mol. The highest BCUT2D eigenvalue weighted by molar-refractivity contribution is 4.55. The quantitative estimate of drug-likeness (QED) is 0.401.